The quantitative estimate of drug-likeness (QED) is 0.686. The van der Waals surface area contributed by atoms with E-state index < -0.39 is 20.7 Å². The minimum absolute atomic E-state index is 0.000456. The molecule has 1 aromatic carbocycles. The lowest BCUT2D eigenvalue weighted by Crippen LogP contribution is -2.37. The number of rotatable bonds is 8. The second-order valence-corrected chi connectivity index (χ2v) is 6.97. The van der Waals surface area contributed by atoms with Crippen LogP contribution in [0.4, 0.5) is 10.1 Å². The van der Waals surface area contributed by atoms with Gasteiger partial charge in [0.1, 0.15) is 4.90 Å². The van der Waals surface area contributed by atoms with Crippen molar-refractivity contribution in [1.29, 1.82) is 0 Å². The summed E-state index contributed by atoms with van der Waals surface area (Å²) < 4.78 is 50.1. The van der Waals surface area contributed by atoms with Gasteiger partial charge in [0.15, 0.2) is 5.82 Å². The Morgan fingerprint density at radius 1 is 1.24 bits per heavy atom. The van der Waals surface area contributed by atoms with E-state index in [0.717, 1.165) is 10.4 Å². The van der Waals surface area contributed by atoms with Gasteiger partial charge in [-0.05, 0) is 28.1 Å². The molecule has 0 heterocycles. The molecule has 9 heteroatoms. The van der Waals surface area contributed by atoms with Gasteiger partial charge >= 0.3 is 0 Å². The molecule has 0 unspecified atom stereocenters. The maximum absolute atomic E-state index is 14.1. The third kappa shape index (κ3) is 4.62. The van der Waals surface area contributed by atoms with Crippen LogP contribution in [0, 0.1) is 5.82 Å². The van der Waals surface area contributed by atoms with Crippen molar-refractivity contribution in [3.05, 3.63) is 22.4 Å². The summed E-state index contributed by atoms with van der Waals surface area (Å²) in [7, 11) is -1.12. The SMILES string of the molecule is COCCN(CCOC)S(=O)(=O)c1cc(N)cc(Br)c1F. The van der Waals surface area contributed by atoms with Crippen LogP contribution in [-0.4, -0.2) is 53.2 Å². The van der Waals surface area contributed by atoms with Gasteiger partial charge in [0.2, 0.25) is 10.0 Å². The lowest BCUT2D eigenvalue weighted by Gasteiger charge is -2.22. The van der Waals surface area contributed by atoms with Gasteiger partial charge in [0.05, 0.1) is 17.7 Å². The summed E-state index contributed by atoms with van der Waals surface area (Å²) in [5.41, 5.74) is 5.75. The van der Waals surface area contributed by atoms with Gasteiger partial charge in [-0.15, -0.1) is 0 Å². The predicted molar refractivity (Wildman–Crippen MR) is 81.0 cm³/mol. The van der Waals surface area contributed by atoms with Crippen molar-refractivity contribution in [2.75, 3.05) is 46.3 Å². The van der Waals surface area contributed by atoms with Crippen molar-refractivity contribution in [2.45, 2.75) is 4.90 Å². The van der Waals surface area contributed by atoms with Gasteiger partial charge in [-0.3, -0.25) is 0 Å². The molecule has 0 aliphatic rings. The Labute approximate surface area is 132 Å². The van der Waals surface area contributed by atoms with Crippen LogP contribution in [0.5, 0.6) is 0 Å². The summed E-state index contributed by atoms with van der Waals surface area (Å²) in [4.78, 5) is -0.471. The average Bonchev–Trinajstić information content (AvgIpc) is 2.42. The van der Waals surface area contributed by atoms with Crippen molar-refractivity contribution >= 4 is 31.6 Å². The fourth-order valence-corrected chi connectivity index (χ4v) is 3.79. The molecule has 0 radical (unpaired) electrons. The third-order valence-corrected chi connectivity index (χ3v) is 5.20. The number of nitrogens with zero attached hydrogens (tertiary/aromatic N) is 1. The first-order valence-electron chi connectivity index (χ1n) is 6.07. The highest BCUT2D eigenvalue weighted by molar-refractivity contribution is 9.10. The molecule has 0 spiro atoms. The van der Waals surface area contributed by atoms with E-state index in [-0.39, 0.29) is 36.5 Å². The number of sulfonamides is 1. The molecule has 0 aliphatic heterocycles. The summed E-state index contributed by atoms with van der Waals surface area (Å²) in [5, 5.41) is 0. The van der Waals surface area contributed by atoms with Crippen LogP contribution in [0.1, 0.15) is 0 Å². The van der Waals surface area contributed by atoms with Crippen LogP contribution in [-0.2, 0) is 19.5 Å². The Balaban J connectivity index is 3.21. The lowest BCUT2D eigenvalue weighted by molar-refractivity contribution is 0.150. The van der Waals surface area contributed by atoms with E-state index in [2.05, 4.69) is 15.9 Å². The molecule has 6 nitrogen and oxygen atoms in total. The van der Waals surface area contributed by atoms with E-state index in [1.165, 1.54) is 20.3 Å². The first-order valence-corrected chi connectivity index (χ1v) is 8.30. The van der Waals surface area contributed by atoms with Gasteiger partial charge in [0.25, 0.3) is 0 Å². The number of nitrogen functional groups attached to an aromatic ring is 1. The molecule has 0 amide bonds. The van der Waals surface area contributed by atoms with Crippen LogP contribution in [0.25, 0.3) is 0 Å². The molecule has 0 saturated carbocycles. The van der Waals surface area contributed by atoms with Gasteiger partial charge in [-0.25, -0.2) is 12.8 Å². The topological polar surface area (TPSA) is 81.9 Å². The number of anilines is 1. The molecule has 0 atom stereocenters. The molecule has 0 fully saturated rings. The van der Waals surface area contributed by atoms with Crippen molar-refractivity contribution in [2.24, 2.45) is 0 Å². The smallest absolute Gasteiger partial charge is 0.246 e. The number of hydrogen-bond acceptors (Lipinski definition) is 5. The van der Waals surface area contributed by atoms with Crippen molar-refractivity contribution in [3.63, 3.8) is 0 Å². The first kappa shape index (κ1) is 18.3. The summed E-state index contributed by atoms with van der Waals surface area (Å²) in [6, 6.07) is 2.41. The zero-order valence-electron chi connectivity index (χ0n) is 11.8. The lowest BCUT2D eigenvalue weighted by atomic mass is 10.3. The second kappa shape index (κ2) is 8.04. The van der Waals surface area contributed by atoms with Crippen molar-refractivity contribution in [3.8, 4) is 0 Å². The first-order chi connectivity index (χ1) is 9.84. The highest BCUT2D eigenvalue weighted by Gasteiger charge is 2.28. The Bertz CT molecular complexity index is 575. The largest absolute Gasteiger partial charge is 0.399 e. The molecular weight excluding hydrogens is 367 g/mol. The molecule has 1 aromatic rings. The number of hydrogen-bond donors (Lipinski definition) is 1. The van der Waals surface area contributed by atoms with E-state index in [1.807, 2.05) is 0 Å². The Morgan fingerprint density at radius 3 is 2.24 bits per heavy atom. The van der Waals surface area contributed by atoms with E-state index in [1.54, 1.807) is 0 Å². The van der Waals surface area contributed by atoms with E-state index in [4.69, 9.17) is 15.2 Å². The van der Waals surface area contributed by atoms with Crippen molar-refractivity contribution < 1.29 is 22.3 Å². The predicted octanol–water partition coefficient (Wildman–Crippen LogP) is 1.45. The fourth-order valence-electron chi connectivity index (χ4n) is 1.65. The summed E-state index contributed by atoms with van der Waals surface area (Å²) >= 11 is 2.96. The maximum atomic E-state index is 14.1. The Kier molecular flexibility index (Phi) is 7.01. The minimum Gasteiger partial charge on any atom is -0.399 e. The molecule has 1 rings (SSSR count). The Morgan fingerprint density at radius 2 is 1.76 bits per heavy atom. The molecule has 0 aromatic heterocycles. The van der Waals surface area contributed by atoms with Gasteiger partial charge < -0.3 is 15.2 Å². The number of methoxy groups -OCH3 is 2. The monoisotopic (exact) mass is 384 g/mol. The average molecular weight is 385 g/mol. The zero-order chi connectivity index (χ0) is 16.0. The van der Waals surface area contributed by atoms with Crippen LogP contribution in [0.3, 0.4) is 0 Å². The van der Waals surface area contributed by atoms with Gasteiger partial charge in [-0.1, -0.05) is 0 Å². The number of nitrogens with two attached hydrogens (primary N) is 1. The minimum atomic E-state index is -4.03. The molecule has 0 saturated heterocycles. The summed E-state index contributed by atoms with van der Waals surface area (Å²) in [6.07, 6.45) is 0. The zero-order valence-corrected chi connectivity index (χ0v) is 14.2. The Hall–Kier alpha value is -0.740. The molecule has 2 N–H and O–H groups in total. The molecule has 0 bridgehead atoms. The summed E-state index contributed by atoms with van der Waals surface area (Å²) in [6.45, 7) is 0.560. The van der Waals surface area contributed by atoms with Crippen molar-refractivity contribution in [1.82, 2.24) is 4.31 Å². The summed E-state index contributed by atoms with van der Waals surface area (Å²) in [5.74, 6) is -0.871. The maximum Gasteiger partial charge on any atom is 0.246 e. The van der Waals surface area contributed by atoms with Crippen LogP contribution >= 0.6 is 15.9 Å². The highest BCUT2D eigenvalue weighted by Crippen LogP contribution is 2.28. The molecule has 120 valence electrons. The number of ether oxygens (including phenoxy) is 2. The normalized spacial score (nSPS) is 12.0. The van der Waals surface area contributed by atoms with Crippen LogP contribution < -0.4 is 5.73 Å². The van der Waals surface area contributed by atoms with Crippen LogP contribution in [0.2, 0.25) is 0 Å². The van der Waals surface area contributed by atoms with E-state index in [0.29, 0.717) is 0 Å². The van der Waals surface area contributed by atoms with Crippen LogP contribution in [0.15, 0.2) is 21.5 Å². The van der Waals surface area contributed by atoms with E-state index >= 15 is 0 Å². The highest BCUT2D eigenvalue weighted by atomic mass is 79.9. The number of halogens is 2. The van der Waals surface area contributed by atoms with E-state index in [9.17, 15) is 12.8 Å². The standard InChI is InChI=1S/C12H18BrFN2O4S/c1-19-5-3-16(4-6-20-2)21(17,18)11-8-9(15)7-10(13)12(11)14/h7-8H,3-6,15H2,1-2H3. The second-order valence-electron chi connectivity index (χ2n) is 4.20. The third-order valence-electron chi connectivity index (χ3n) is 2.72. The fraction of sp³-hybridized carbons (Fsp3) is 0.500. The molecule has 0 aliphatic carbocycles. The molecular formula is C12H18BrFN2O4S. The number of benzene rings is 1. The van der Waals surface area contributed by atoms with Gasteiger partial charge in [0, 0.05) is 33.0 Å². The van der Waals surface area contributed by atoms with Gasteiger partial charge in [-0.2, -0.15) is 4.31 Å². The molecule has 21 heavy (non-hydrogen) atoms.